The summed E-state index contributed by atoms with van der Waals surface area (Å²) in [5, 5.41) is 2.18. The van der Waals surface area contributed by atoms with Crippen molar-refractivity contribution in [2.45, 2.75) is 46.4 Å². The summed E-state index contributed by atoms with van der Waals surface area (Å²) in [5.41, 5.74) is 4.44. The molecule has 4 heteroatoms. The highest BCUT2D eigenvalue weighted by Gasteiger charge is 2.27. The molecule has 0 radical (unpaired) electrons. The van der Waals surface area contributed by atoms with Gasteiger partial charge in [0.1, 0.15) is 5.60 Å². The van der Waals surface area contributed by atoms with Gasteiger partial charge in [-0.2, -0.15) is 0 Å². The number of carbonyl (C=O) groups is 1. The third-order valence-corrected chi connectivity index (χ3v) is 4.51. The number of hydrogen-bond donors (Lipinski definition) is 0. The molecular weight excluding hydrogens is 294 g/mol. The SMILES string of the molecule is Cc1cc(-c2ccc3c(c2)CN(C(=O)OC(C)(C)C)C3)cs1. The predicted octanol–water partition coefficient (Wildman–Crippen LogP) is 4.97. The molecule has 0 bridgehead atoms. The Balaban J connectivity index is 1.78. The number of amides is 1. The number of fused-ring (bicyclic) bond motifs is 1. The molecule has 0 N–H and O–H groups in total. The Hall–Kier alpha value is -1.81. The maximum absolute atomic E-state index is 12.2. The third kappa shape index (κ3) is 3.17. The molecule has 22 heavy (non-hydrogen) atoms. The van der Waals surface area contributed by atoms with E-state index in [0.29, 0.717) is 13.1 Å². The Bertz CT molecular complexity index is 712. The number of carbonyl (C=O) groups excluding carboxylic acids is 1. The fourth-order valence-electron chi connectivity index (χ4n) is 2.62. The number of ether oxygens (including phenoxy) is 1. The number of hydrogen-bond acceptors (Lipinski definition) is 3. The molecule has 1 aromatic heterocycles. The lowest BCUT2D eigenvalue weighted by molar-refractivity contribution is 0.0242. The summed E-state index contributed by atoms with van der Waals surface area (Å²) < 4.78 is 5.46. The van der Waals surface area contributed by atoms with E-state index in [0.717, 1.165) is 0 Å². The van der Waals surface area contributed by atoms with Crippen LogP contribution in [0.5, 0.6) is 0 Å². The van der Waals surface area contributed by atoms with Crippen LogP contribution in [0.1, 0.15) is 36.8 Å². The molecule has 1 aromatic carbocycles. The molecule has 116 valence electrons. The smallest absolute Gasteiger partial charge is 0.410 e. The highest BCUT2D eigenvalue weighted by molar-refractivity contribution is 7.10. The van der Waals surface area contributed by atoms with Crippen molar-refractivity contribution in [1.82, 2.24) is 4.90 Å². The molecule has 0 fully saturated rings. The number of rotatable bonds is 1. The van der Waals surface area contributed by atoms with E-state index in [2.05, 4.69) is 36.6 Å². The van der Waals surface area contributed by atoms with E-state index in [9.17, 15) is 4.79 Å². The van der Waals surface area contributed by atoms with Crippen LogP contribution >= 0.6 is 11.3 Å². The van der Waals surface area contributed by atoms with Crippen molar-refractivity contribution >= 4 is 17.4 Å². The minimum Gasteiger partial charge on any atom is -0.444 e. The first kappa shape index (κ1) is 15.1. The molecular formula is C18H21NO2S. The number of nitrogens with zero attached hydrogens (tertiary/aromatic N) is 1. The van der Waals surface area contributed by atoms with Gasteiger partial charge in [-0.1, -0.05) is 12.1 Å². The van der Waals surface area contributed by atoms with Crippen molar-refractivity contribution < 1.29 is 9.53 Å². The van der Waals surface area contributed by atoms with Gasteiger partial charge in [0.25, 0.3) is 0 Å². The van der Waals surface area contributed by atoms with E-state index >= 15 is 0 Å². The van der Waals surface area contributed by atoms with Gasteiger partial charge in [-0.25, -0.2) is 4.79 Å². The first-order valence-corrected chi connectivity index (χ1v) is 8.35. The topological polar surface area (TPSA) is 29.5 Å². The summed E-state index contributed by atoms with van der Waals surface area (Å²) in [6, 6.07) is 8.66. The van der Waals surface area contributed by atoms with Crippen LogP contribution in [0.15, 0.2) is 29.6 Å². The Morgan fingerprint density at radius 1 is 1.14 bits per heavy atom. The van der Waals surface area contributed by atoms with Gasteiger partial charge in [0.15, 0.2) is 0 Å². The molecule has 3 nitrogen and oxygen atoms in total. The minimum absolute atomic E-state index is 0.239. The van der Waals surface area contributed by atoms with Crippen LogP contribution in [0.3, 0.4) is 0 Å². The second kappa shape index (κ2) is 5.43. The van der Waals surface area contributed by atoms with Crippen molar-refractivity contribution in [2.75, 3.05) is 0 Å². The Morgan fingerprint density at radius 2 is 1.86 bits per heavy atom. The maximum Gasteiger partial charge on any atom is 0.410 e. The van der Waals surface area contributed by atoms with Crippen LogP contribution in [0.2, 0.25) is 0 Å². The normalized spacial score (nSPS) is 14.1. The molecule has 0 atom stereocenters. The summed E-state index contributed by atoms with van der Waals surface area (Å²) in [5.74, 6) is 0. The number of thiophene rings is 1. The van der Waals surface area contributed by atoms with Gasteiger partial charge in [-0.05, 0) is 67.5 Å². The lowest BCUT2D eigenvalue weighted by atomic mass is 10.0. The van der Waals surface area contributed by atoms with Gasteiger partial charge < -0.3 is 4.74 Å². The monoisotopic (exact) mass is 315 g/mol. The van der Waals surface area contributed by atoms with Crippen LogP contribution in [-0.2, 0) is 17.8 Å². The predicted molar refractivity (Wildman–Crippen MR) is 90.0 cm³/mol. The fraction of sp³-hybridized carbons (Fsp3) is 0.389. The van der Waals surface area contributed by atoms with Gasteiger partial charge in [-0.15, -0.1) is 11.3 Å². The Labute approximate surface area is 135 Å². The summed E-state index contributed by atoms with van der Waals surface area (Å²) in [7, 11) is 0. The van der Waals surface area contributed by atoms with Gasteiger partial charge in [-0.3, -0.25) is 4.90 Å². The van der Waals surface area contributed by atoms with E-state index in [-0.39, 0.29) is 6.09 Å². The first-order valence-electron chi connectivity index (χ1n) is 7.47. The molecule has 2 aromatic rings. The van der Waals surface area contributed by atoms with E-state index in [1.807, 2.05) is 20.8 Å². The van der Waals surface area contributed by atoms with Crippen LogP contribution in [0.25, 0.3) is 11.1 Å². The van der Waals surface area contributed by atoms with E-state index in [1.165, 1.54) is 27.1 Å². The zero-order valence-electron chi connectivity index (χ0n) is 13.5. The summed E-state index contributed by atoms with van der Waals surface area (Å²) in [6.07, 6.45) is -0.239. The zero-order valence-corrected chi connectivity index (χ0v) is 14.3. The Kier molecular flexibility index (Phi) is 3.73. The second-order valence-electron chi connectivity index (χ2n) is 6.77. The molecule has 1 aliphatic heterocycles. The van der Waals surface area contributed by atoms with Crippen molar-refractivity contribution in [3.63, 3.8) is 0 Å². The highest BCUT2D eigenvalue weighted by atomic mass is 32.1. The first-order chi connectivity index (χ1) is 10.3. The average Bonchev–Trinajstić information content (AvgIpc) is 3.01. The third-order valence-electron chi connectivity index (χ3n) is 3.64. The van der Waals surface area contributed by atoms with Gasteiger partial charge >= 0.3 is 6.09 Å². The lowest BCUT2D eigenvalue weighted by Gasteiger charge is -2.24. The molecule has 0 saturated heterocycles. The summed E-state index contributed by atoms with van der Waals surface area (Å²) in [6.45, 7) is 9.06. The Morgan fingerprint density at radius 3 is 2.50 bits per heavy atom. The van der Waals surface area contributed by atoms with E-state index in [4.69, 9.17) is 4.74 Å². The molecule has 0 spiro atoms. The fourth-order valence-corrected chi connectivity index (χ4v) is 3.34. The molecule has 1 aliphatic rings. The minimum atomic E-state index is -0.453. The van der Waals surface area contributed by atoms with E-state index in [1.54, 1.807) is 16.2 Å². The van der Waals surface area contributed by atoms with Crippen LogP contribution in [-0.4, -0.2) is 16.6 Å². The lowest BCUT2D eigenvalue weighted by Crippen LogP contribution is -2.33. The van der Waals surface area contributed by atoms with E-state index < -0.39 is 5.60 Å². The number of aryl methyl sites for hydroxylation is 1. The van der Waals surface area contributed by atoms with Crippen LogP contribution in [0.4, 0.5) is 4.79 Å². The largest absolute Gasteiger partial charge is 0.444 e. The van der Waals surface area contributed by atoms with Crippen molar-refractivity contribution in [2.24, 2.45) is 0 Å². The quantitative estimate of drug-likeness (QED) is 0.743. The van der Waals surface area contributed by atoms with Crippen molar-refractivity contribution in [3.05, 3.63) is 45.6 Å². The van der Waals surface area contributed by atoms with Crippen molar-refractivity contribution in [3.8, 4) is 11.1 Å². The highest BCUT2D eigenvalue weighted by Crippen LogP contribution is 2.31. The number of benzene rings is 1. The molecule has 1 amide bonds. The van der Waals surface area contributed by atoms with Gasteiger partial charge in [0.05, 0.1) is 0 Å². The summed E-state index contributed by atoms with van der Waals surface area (Å²) in [4.78, 5) is 15.3. The molecule has 2 heterocycles. The molecule has 0 saturated carbocycles. The van der Waals surface area contributed by atoms with Gasteiger partial charge in [0.2, 0.25) is 0 Å². The van der Waals surface area contributed by atoms with Crippen LogP contribution in [0, 0.1) is 6.92 Å². The molecule has 0 unspecified atom stereocenters. The van der Waals surface area contributed by atoms with Crippen LogP contribution < -0.4 is 0 Å². The second-order valence-corrected chi connectivity index (χ2v) is 7.88. The molecule has 3 rings (SSSR count). The average molecular weight is 315 g/mol. The summed E-state index contributed by atoms with van der Waals surface area (Å²) >= 11 is 1.76. The maximum atomic E-state index is 12.2. The zero-order chi connectivity index (χ0) is 15.9. The van der Waals surface area contributed by atoms with Crippen molar-refractivity contribution in [1.29, 1.82) is 0 Å². The van der Waals surface area contributed by atoms with Gasteiger partial charge in [0, 0.05) is 18.0 Å². The molecule has 0 aliphatic carbocycles. The standard InChI is InChI=1S/C18H21NO2S/c1-12-7-16(11-22-12)13-5-6-14-9-19(10-15(14)8-13)17(20)21-18(2,3)4/h5-8,11H,9-10H2,1-4H3.